The van der Waals surface area contributed by atoms with Gasteiger partial charge in [0.25, 0.3) is 0 Å². The maximum Gasteiger partial charge on any atom is 0.237 e. The number of hydrogen-bond donors (Lipinski definition) is 1. The first-order valence-corrected chi connectivity index (χ1v) is 12.7. The first-order valence-electron chi connectivity index (χ1n) is 11.8. The Balaban J connectivity index is 1.68. The molecule has 1 aliphatic carbocycles. The number of nitrogens with one attached hydrogen (secondary N) is 1. The summed E-state index contributed by atoms with van der Waals surface area (Å²) >= 11 is 1.42. The van der Waals surface area contributed by atoms with Crippen molar-refractivity contribution in [3.05, 3.63) is 42.5 Å². The van der Waals surface area contributed by atoms with E-state index in [-0.39, 0.29) is 17.2 Å². The summed E-state index contributed by atoms with van der Waals surface area (Å²) in [6, 6.07) is 13.5. The van der Waals surface area contributed by atoms with Crippen LogP contribution in [0.15, 0.2) is 47.6 Å². The Morgan fingerprint density at radius 2 is 1.66 bits per heavy atom. The fraction of sp³-hybridized carbons (Fsp3) is 0.423. The molecule has 1 aromatic heterocycles. The van der Waals surface area contributed by atoms with Crippen molar-refractivity contribution in [2.24, 2.45) is 0 Å². The zero-order valence-corrected chi connectivity index (χ0v) is 21.4. The van der Waals surface area contributed by atoms with E-state index in [0.29, 0.717) is 17.2 Å². The van der Waals surface area contributed by atoms with Crippen molar-refractivity contribution < 1.29 is 19.0 Å². The van der Waals surface area contributed by atoms with E-state index < -0.39 is 0 Å². The van der Waals surface area contributed by atoms with Gasteiger partial charge in [-0.3, -0.25) is 9.36 Å². The molecule has 1 aliphatic rings. The van der Waals surface area contributed by atoms with E-state index in [2.05, 4.69) is 20.1 Å². The number of ether oxygens (including phenoxy) is 3. The second-order valence-electron chi connectivity index (χ2n) is 8.50. The highest BCUT2D eigenvalue weighted by Gasteiger charge is 2.28. The summed E-state index contributed by atoms with van der Waals surface area (Å²) in [6.07, 6.45) is 5.65. The van der Waals surface area contributed by atoms with Crippen LogP contribution in [0.3, 0.4) is 0 Å². The molecule has 3 aromatic rings. The number of amides is 1. The van der Waals surface area contributed by atoms with Crippen LogP contribution >= 0.6 is 11.8 Å². The van der Waals surface area contributed by atoms with E-state index >= 15 is 0 Å². The van der Waals surface area contributed by atoms with Gasteiger partial charge in [0.15, 0.2) is 22.5 Å². The smallest absolute Gasteiger partial charge is 0.237 e. The number of benzene rings is 2. The normalized spacial score (nSPS) is 14.9. The Morgan fingerprint density at radius 1 is 1.00 bits per heavy atom. The zero-order valence-electron chi connectivity index (χ0n) is 20.6. The van der Waals surface area contributed by atoms with Gasteiger partial charge >= 0.3 is 0 Å². The van der Waals surface area contributed by atoms with Gasteiger partial charge in [0.2, 0.25) is 11.7 Å². The molecule has 0 saturated heterocycles. The molecule has 35 heavy (non-hydrogen) atoms. The molecule has 1 unspecified atom stereocenters. The van der Waals surface area contributed by atoms with Crippen LogP contribution in [0.2, 0.25) is 0 Å². The SMILES string of the molecule is COc1cc(-c2nnc(SC(C)C(=O)Nc3ccccc3)n2C2CCCCC2)cc(OC)c1OC. The second kappa shape index (κ2) is 11.5. The van der Waals surface area contributed by atoms with Gasteiger partial charge in [-0.05, 0) is 44.0 Å². The Morgan fingerprint density at radius 3 is 2.26 bits per heavy atom. The first-order chi connectivity index (χ1) is 17.0. The van der Waals surface area contributed by atoms with E-state index in [4.69, 9.17) is 14.2 Å². The molecule has 4 rings (SSSR count). The van der Waals surface area contributed by atoms with Crippen molar-refractivity contribution in [2.75, 3.05) is 26.6 Å². The van der Waals surface area contributed by atoms with Gasteiger partial charge < -0.3 is 19.5 Å². The molecule has 1 amide bonds. The highest BCUT2D eigenvalue weighted by molar-refractivity contribution is 8.00. The van der Waals surface area contributed by atoms with Crippen molar-refractivity contribution in [3.8, 4) is 28.6 Å². The fourth-order valence-electron chi connectivity index (χ4n) is 4.41. The van der Waals surface area contributed by atoms with Crippen LogP contribution in [-0.2, 0) is 4.79 Å². The predicted molar refractivity (Wildman–Crippen MR) is 138 cm³/mol. The zero-order chi connectivity index (χ0) is 24.8. The van der Waals surface area contributed by atoms with Crippen LogP contribution in [0.1, 0.15) is 45.1 Å². The molecule has 1 saturated carbocycles. The number of carbonyl (C=O) groups excluding carboxylic acids is 1. The van der Waals surface area contributed by atoms with E-state index in [0.717, 1.165) is 47.9 Å². The Labute approximate surface area is 210 Å². The first kappa shape index (κ1) is 24.9. The average molecular weight is 497 g/mol. The van der Waals surface area contributed by atoms with Gasteiger partial charge in [-0.25, -0.2) is 0 Å². The van der Waals surface area contributed by atoms with Crippen molar-refractivity contribution in [3.63, 3.8) is 0 Å². The Bertz CT molecular complexity index is 1120. The Hall–Kier alpha value is -3.20. The minimum Gasteiger partial charge on any atom is -0.493 e. The molecular formula is C26H32N4O4S. The largest absolute Gasteiger partial charge is 0.493 e. The molecule has 2 aromatic carbocycles. The van der Waals surface area contributed by atoms with Crippen molar-refractivity contribution >= 4 is 23.4 Å². The lowest BCUT2D eigenvalue weighted by Crippen LogP contribution is -2.23. The van der Waals surface area contributed by atoms with Crippen LogP contribution < -0.4 is 19.5 Å². The number of hydrogen-bond acceptors (Lipinski definition) is 7. The van der Waals surface area contributed by atoms with Crippen molar-refractivity contribution in [2.45, 2.75) is 55.5 Å². The summed E-state index contributed by atoms with van der Waals surface area (Å²) in [4.78, 5) is 12.9. The van der Waals surface area contributed by atoms with Crippen LogP contribution in [0.5, 0.6) is 17.2 Å². The molecular weight excluding hydrogens is 464 g/mol. The molecule has 1 atom stereocenters. The van der Waals surface area contributed by atoms with Gasteiger partial charge in [0.05, 0.1) is 26.6 Å². The highest BCUT2D eigenvalue weighted by Crippen LogP contribution is 2.43. The third-order valence-corrected chi connectivity index (χ3v) is 7.28. The van der Waals surface area contributed by atoms with E-state index in [9.17, 15) is 4.79 Å². The lowest BCUT2D eigenvalue weighted by Gasteiger charge is -2.26. The number of para-hydroxylation sites is 1. The second-order valence-corrected chi connectivity index (χ2v) is 9.81. The van der Waals surface area contributed by atoms with Gasteiger partial charge in [0.1, 0.15) is 0 Å². The maximum atomic E-state index is 12.9. The minimum absolute atomic E-state index is 0.0752. The molecule has 9 heteroatoms. The summed E-state index contributed by atoms with van der Waals surface area (Å²) in [7, 11) is 4.78. The molecule has 0 aliphatic heterocycles. The molecule has 0 bridgehead atoms. The van der Waals surface area contributed by atoms with Gasteiger partial charge in [-0.15, -0.1) is 10.2 Å². The van der Waals surface area contributed by atoms with Crippen LogP contribution in [-0.4, -0.2) is 47.3 Å². The lowest BCUT2D eigenvalue weighted by atomic mass is 9.95. The Kier molecular flexibility index (Phi) is 8.17. The summed E-state index contributed by atoms with van der Waals surface area (Å²) in [5, 5.41) is 12.5. The number of methoxy groups -OCH3 is 3. The van der Waals surface area contributed by atoms with E-state index in [1.165, 1.54) is 18.2 Å². The number of carbonyl (C=O) groups is 1. The summed E-state index contributed by atoms with van der Waals surface area (Å²) in [6.45, 7) is 1.89. The molecule has 8 nitrogen and oxygen atoms in total. The molecule has 1 fully saturated rings. The highest BCUT2D eigenvalue weighted by atomic mass is 32.2. The standard InChI is InChI=1S/C26H32N4O4S/c1-17(25(31)27-19-11-7-5-8-12-19)35-26-29-28-24(30(26)20-13-9-6-10-14-20)18-15-21(32-2)23(34-4)22(16-18)33-3/h5,7-8,11-12,15-17,20H,6,9-10,13-14H2,1-4H3,(H,27,31). The van der Waals surface area contributed by atoms with Gasteiger partial charge in [-0.2, -0.15) is 0 Å². The maximum absolute atomic E-state index is 12.9. The van der Waals surface area contributed by atoms with Crippen molar-refractivity contribution in [1.82, 2.24) is 14.8 Å². The van der Waals surface area contributed by atoms with E-state index in [1.807, 2.05) is 49.4 Å². The number of rotatable bonds is 9. The third-order valence-electron chi connectivity index (χ3n) is 6.22. The molecule has 1 N–H and O–H groups in total. The van der Waals surface area contributed by atoms with Gasteiger partial charge in [-0.1, -0.05) is 49.2 Å². The topological polar surface area (TPSA) is 87.5 Å². The minimum atomic E-state index is -0.352. The van der Waals surface area contributed by atoms with Crippen LogP contribution in [0, 0.1) is 0 Å². The van der Waals surface area contributed by atoms with E-state index in [1.54, 1.807) is 21.3 Å². The molecule has 0 radical (unpaired) electrons. The quantitative estimate of drug-likeness (QED) is 0.386. The number of thioether (sulfide) groups is 1. The van der Waals surface area contributed by atoms with Gasteiger partial charge in [0, 0.05) is 17.3 Å². The summed E-state index contributed by atoms with van der Waals surface area (Å²) in [5.74, 6) is 2.31. The summed E-state index contributed by atoms with van der Waals surface area (Å²) in [5.41, 5.74) is 1.60. The average Bonchev–Trinajstić information content (AvgIpc) is 3.32. The monoisotopic (exact) mass is 496 g/mol. The van der Waals surface area contributed by atoms with Crippen molar-refractivity contribution in [1.29, 1.82) is 0 Å². The number of nitrogens with zero attached hydrogens (tertiary/aromatic N) is 3. The predicted octanol–water partition coefficient (Wildman–Crippen LogP) is 5.60. The lowest BCUT2D eigenvalue weighted by molar-refractivity contribution is -0.115. The fourth-order valence-corrected chi connectivity index (χ4v) is 5.33. The number of aromatic nitrogens is 3. The van der Waals surface area contributed by atoms with Crippen LogP contribution in [0.4, 0.5) is 5.69 Å². The third kappa shape index (κ3) is 5.56. The summed E-state index contributed by atoms with van der Waals surface area (Å²) < 4.78 is 18.8. The molecule has 1 heterocycles. The molecule has 0 spiro atoms. The number of anilines is 1. The van der Waals surface area contributed by atoms with Crippen LogP contribution in [0.25, 0.3) is 11.4 Å². The molecule has 186 valence electrons.